The summed E-state index contributed by atoms with van der Waals surface area (Å²) in [6.45, 7) is 1.59. The Labute approximate surface area is 94.7 Å². The van der Waals surface area contributed by atoms with Crippen molar-refractivity contribution in [3.05, 3.63) is 58.8 Å². The lowest BCUT2D eigenvalue weighted by atomic mass is 10.1. The molecule has 0 aliphatic rings. The van der Waals surface area contributed by atoms with Crippen LogP contribution in [0.2, 0.25) is 0 Å². The lowest BCUT2D eigenvalue weighted by Gasteiger charge is -2.02. The van der Waals surface area contributed by atoms with Gasteiger partial charge in [0.15, 0.2) is 23.2 Å². The first-order chi connectivity index (χ1) is 8.02. The molecule has 0 amide bonds. The van der Waals surface area contributed by atoms with Crippen LogP contribution in [0, 0.1) is 24.4 Å². The second kappa shape index (κ2) is 4.08. The number of ketones is 1. The van der Waals surface area contributed by atoms with Gasteiger partial charge in [-0.25, -0.2) is 13.2 Å². The molecule has 1 aromatic carbocycles. The number of rotatable bonds is 2. The summed E-state index contributed by atoms with van der Waals surface area (Å²) in [6, 6.07) is 3.10. The molecule has 5 heteroatoms. The summed E-state index contributed by atoms with van der Waals surface area (Å²) in [6.07, 6.45) is 1.26. The van der Waals surface area contributed by atoms with E-state index in [0.717, 1.165) is 6.07 Å². The average molecular weight is 240 g/mol. The van der Waals surface area contributed by atoms with Gasteiger partial charge in [-0.15, -0.1) is 0 Å². The maximum absolute atomic E-state index is 13.4. The van der Waals surface area contributed by atoms with Crippen LogP contribution in [0.4, 0.5) is 13.2 Å². The maximum Gasteiger partial charge on any atom is 0.231 e. The predicted molar refractivity (Wildman–Crippen MR) is 53.2 cm³/mol. The summed E-state index contributed by atoms with van der Waals surface area (Å²) in [7, 11) is 0. The Morgan fingerprint density at radius 3 is 2.41 bits per heavy atom. The molecule has 0 saturated heterocycles. The van der Waals surface area contributed by atoms with Gasteiger partial charge in [-0.2, -0.15) is 0 Å². The topological polar surface area (TPSA) is 30.2 Å². The Hall–Kier alpha value is -2.04. The van der Waals surface area contributed by atoms with E-state index in [1.165, 1.54) is 12.3 Å². The summed E-state index contributed by atoms with van der Waals surface area (Å²) < 4.78 is 43.9. The van der Waals surface area contributed by atoms with Crippen LogP contribution in [0.25, 0.3) is 0 Å². The Kier molecular flexibility index (Phi) is 2.75. The monoisotopic (exact) mass is 240 g/mol. The summed E-state index contributed by atoms with van der Waals surface area (Å²) in [4.78, 5) is 11.8. The molecule has 1 heterocycles. The van der Waals surface area contributed by atoms with Gasteiger partial charge in [0.1, 0.15) is 0 Å². The summed E-state index contributed by atoms with van der Waals surface area (Å²) in [5, 5.41) is 0. The second-order valence-electron chi connectivity index (χ2n) is 3.48. The molecule has 0 saturated carbocycles. The fourth-order valence-electron chi connectivity index (χ4n) is 1.43. The second-order valence-corrected chi connectivity index (χ2v) is 3.48. The molecule has 0 fully saturated rings. The number of aryl methyl sites for hydroxylation is 1. The third-order valence-corrected chi connectivity index (χ3v) is 2.35. The number of hydrogen-bond acceptors (Lipinski definition) is 2. The number of furan rings is 1. The number of benzene rings is 1. The molecule has 88 valence electrons. The maximum atomic E-state index is 13.4. The van der Waals surface area contributed by atoms with E-state index in [9.17, 15) is 18.0 Å². The normalized spacial score (nSPS) is 10.6. The van der Waals surface area contributed by atoms with Crippen LogP contribution in [0.1, 0.15) is 21.7 Å². The molecule has 2 aromatic rings. The van der Waals surface area contributed by atoms with Crippen molar-refractivity contribution in [3.63, 3.8) is 0 Å². The van der Waals surface area contributed by atoms with E-state index in [0.29, 0.717) is 11.6 Å². The Morgan fingerprint density at radius 1 is 1.12 bits per heavy atom. The Morgan fingerprint density at radius 2 is 1.82 bits per heavy atom. The number of hydrogen-bond donors (Lipinski definition) is 0. The van der Waals surface area contributed by atoms with Gasteiger partial charge in [-0.05, 0) is 30.7 Å². The Balaban J connectivity index is 2.53. The standard InChI is InChI=1S/C12H7F3O2/c1-6-4-5-17-12(6)11(16)7-2-3-8(13)10(15)9(7)14/h2-5H,1H3. The molecule has 0 aliphatic heterocycles. The van der Waals surface area contributed by atoms with Crippen molar-refractivity contribution >= 4 is 5.78 Å². The lowest BCUT2D eigenvalue weighted by molar-refractivity contribution is 0.100. The molecule has 0 aliphatic carbocycles. The molecule has 0 radical (unpaired) electrons. The van der Waals surface area contributed by atoms with Crippen molar-refractivity contribution in [3.8, 4) is 0 Å². The molecule has 2 rings (SSSR count). The highest BCUT2D eigenvalue weighted by molar-refractivity contribution is 6.08. The van der Waals surface area contributed by atoms with Crippen LogP contribution in [0.15, 0.2) is 28.9 Å². The van der Waals surface area contributed by atoms with Gasteiger partial charge in [-0.3, -0.25) is 4.79 Å². The quantitative estimate of drug-likeness (QED) is 0.595. The van der Waals surface area contributed by atoms with E-state index in [4.69, 9.17) is 4.42 Å². The van der Waals surface area contributed by atoms with Crippen LogP contribution >= 0.6 is 0 Å². The molecule has 0 N–H and O–H groups in total. The van der Waals surface area contributed by atoms with E-state index < -0.39 is 28.8 Å². The van der Waals surface area contributed by atoms with E-state index in [2.05, 4.69) is 0 Å². The van der Waals surface area contributed by atoms with Crippen molar-refractivity contribution in [2.75, 3.05) is 0 Å². The smallest absolute Gasteiger partial charge is 0.231 e. The summed E-state index contributed by atoms with van der Waals surface area (Å²) in [5.74, 6) is -5.42. The van der Waals surface area contributed by atoms with Gasteiger partial charge in [0, 0.05) is 0 Å². The minimum absolute atomic E-state index is 0.0880. The third kappa shape index (κ3) is 1.84. The fourth-order valence-corrected chi connectivity index (χ4v) is 1.43. The van der Waals surface area contributed by atoms with Crippen LogP contribution < -0.4 is 0 Å². The highest BCUT2D eigenvalue weighted by atomic mass is 19.2. The molecule has 0 spiro atoms. The third-order valence-electron chi connectivity index (χ3n) is 2.35. The molecule has 0 unspecified atom stereocenters. The van der Waals surface area contributed by atoms with Gasteiger partial charge in [0.25, 0.3) is 0 Å². The van der Waals surface area contributed by atoms with Crippen LogP contribution in [-0.4, -0.2) is 5.78 Å². The predicted octanol–water partition coefficient (Wildman–Crippen LogP) is 3.24. The lowest BCUT2D eigenvalue weighted by Crippen LogP contribution is -2.07. The van der Waals surface area contributed by atoms with Crippen molar-refractivity contribution in [1.29, 1.82) is 0 Å². The average Bonchev–Trinajstić information content (AvgIpc) is 2.72. The molecule has 2 nitrogen and oxygen atoms in total. The molecule has 1 aromatic heterocycles. The van der Waals surface area contributed by atoms with Gasteiger partial charge >= 0.3 is 0 Å². The van der Waals surface area contributed by atoms with Gasteiger partial charge in [-0.1, -0.05) is 0 Å². The first-order valence-electron chi connectivity index (χ1n) is 4.74. The van der Waals surface area contributed by atoms with E-state index >= 15 is 0 Å². The summed E-state index contributed by atoms with van der Waals surface area (Å²) in [5.41, 5.74) is -0.0546. The molecule has 0 atom stereocenters. The van der Waals surface area contributed by atoms with Gasteiger partial charge < -0.3 is 4.42 Å². The van der Waals surface area contributed by atoms with Crippen LogP contribution in [-0.2, 0) is 0 Å². The van der Waals surface area contributed by atoms with Crippen molar-refractivity contribution in [1.82, 2.24) is 0 Å². The van der Waals surface area contributed by atoms with Crippen molar-refractivity contribution in [2.24, 2.45) is 0 Å². The van der Waals surface area contributed by atoms with Crippen molar-refractivity contribution in [2.45, 2.75) is 6.92 Å². The number of carbonyl (C=O) groups is 1. The zero-order valence-electron chi connectivity index (χ0n) is 8.76. The largest absolute Gasteiger partial charge is 0.461 e. The first-order valence-corrected chi connectivity index (χ1v) is 4.74. The molecule has 17 heavy (non-hydrogen) atoms. The van der Waals surface area contributed by atoms with Crippen LogP contribution in [0.3, 0.4) is 0 Å². The highest BCUT2D eigenvalue weighted by Gasteiger charge is 2.22. The molecular weight excluding hydrogens is 233 g/mol. The summed E-state index contributed by atoms with van der Waals surface area (Å²) >= 11 is 0. The number of halogens is 3. The van der Waals surface area contributed by atoms with E-state index in [1.807, 2.05) is 0 Å². The minimum atomic E-state index is -1.67. The zero-order valence-corrected chi connectivity index (χ0v) is 8.76. The van der Waals surface area contributed by atoms with Gasteiger partial charge in [0.2, 0.25) is 5.78 Å². The molecular formula is C12H7F3O2. The Bertz CT molecular complexity index is 587. The highest BCUT2D eigenvalue weighted by Crippen LogP contribution is 2.20. The van der Waals surface area contributed by atoms with Crippen LogP contribution in [0.5, 0.6) is 0 Å². The molecule has 0 bridgehead atoms. The fraction of sp³-hybridized carbons (Fsp3) is 0.0833. The van der Waals surface area contributed by atoms with E-state index in [-0.39, 0.29) is 5.76 Å². The first kappa shape index (κ1) is 11.4. The SMILES string of the molecule is Cc1ccoc1C(=O)c1ccc(F)c(F)c1F. The minimum Gasteiger partial charge on any atom is -0.461 e. The van der Waals surface area contributed by atoms with Gasteiger partial charge in [0.05, 0.1) is 11.8 Å². The number of carbonyl (C=O) groups excluding carboxylic acids is 1. The zero-order chi connectivity index (χ0) is 12.6. The van der Waals surface area contributed by atoms with Crippen molar-refractivity contribution < 1.29 is 22.4 Å². The van der Waals surface area contributed by atoms with E-state index in [1.54, 1.807) is 6.92 Å².